The van der Waals surface area contributed by atoms with E-state index in [0.29, 0.717) is 21.5 Å². The van der Waals surface area contributed by atoms with E-state index in [-0.39, 0.29) is 11.4 Å². The summed E-state index contributed by atoms with van der Waals surface area (Å²) in [5.74, 6) is -0.406. The fraction of sp³-hybridized carbons (Fsp3) is 0.105. The smallest absolute Gasteiger partial charge is 0.294 e. The van der Waals surface area contributed by atoms with Gasteiger partial charge < -0.3 is 10.1 Å². The number of carbonyl (C=O) groups excluding carboxylic acids is 3. The minimum atomic E-state index is -0.515. The molecule has 0 aromatic heterocycles. The summed E-state index contributed by atoms with van der Waals surface area (Å²) in [5, 5.41) is 2.19. The molecule has 0 saturated carbocycles. The van der Waals surface area contributed by atoms with Gasteiger partial charge in [-0.15, -0.1) is 0 Å². The van der Waals surface area contributed by atoms with Crippen molar-refractivity contribution in [2.75, 3.05) is 19.0 Å². The first-order chi connectivity index (χ1) is 13.4. The van der Waals surface area contributed by atoms with Gasteiger partial charge in [0.05, 0.1) is 17.7 Å². The summed E-state index contributed by atoms with van der Waals surface area (Å²) in [5.41, 5.74) is 1.22. The van der Waals surface area contributed by atoms with Gasteiger partial charge in [0.2, 0.25) is 5.91 Å². The number of para-hydroxylation sites is 1. The highest BCUT2D eigenvalue weighted by Gasteiger charge is 2.36. The first-order valence-corrected chi connectivity index (χ1v) is 10.4. The van der Waals surface area contributed by atoms with Crippen molar-refractivity contribution in [1.29, 1.82) is 0 Å². The minimum Gasteiger partial charge on any atom is -0.496 e. The van der Waals surface area contributed by atoms with Crippen molar-refractivity contribution in [1.82, 2.24) is 4.90 Å². The number of hydrogen-bond donors (Lipinski definition) is 1. The Labute approximate surface area is 182 Å². The number of anilines is 1. The molecular formula is C19H14Br2N2O4S. The van der Waals surface area contributed by atoms with Crippen molar-refractivity contribution in [2.24, 2.45) is 0 Å². The lowest BCUT2D eigenvalue weighted by molar-refractivity contribution is -0.127. The lowest BCUT2D eigenvalue weighted by Gasteiger charge is -2.13. The first kappa shape index (κ1) is 20.6. The molecule has 0 aliphatic carbocycles. The Kier molecular flexibility index (Phi) is 6.58. The number of thioether (sulfide) groups is 1. The largest absolute Gasteiger partial charge is 0.496 e. The zero-order valence-corrected chi connectivity index (χ0v) is 18.6. The van der Waals surface area contributed by atoms with Crippen LogP contribution in [-0.2, 0) is 9.59 Å². The number of nitrogens with zero attached hydrogens (tertiary/aromatic N) is 1. The summed E-state index contributed by atoms with van der Waals surface area (Å²) < 4.78 is 6.81. The Morgan fingerprint density at radius 3 is 2.68 bits per heavy atom. The van der Waals surface area contributed by atoms with E-state index in [1.165, 1.54) is 7.11 Å². The number of halogens is 2. The summed E-state index contributed by atoms with van der Waals surface area (Å²) in [6, 6.07) is 12.4. The minimum absolute atomic E-state index is 0.232. The van der Waals surface area contributed by atoms with Gasteiger partial charge in [0.25, 0.3) is 11.1 Å². The van der Waals surface area contributed by atoms with Gasteiger partial charge in [0.1, 0.15) is 12.3 Å². The normalized spacial score (nSPS) is 15.2. The van der Waals surface area contributed by atoms with Crippen molar-refractivity contribution in [3.63, 3.8) is 0 Å². The van der Waals surface area contributed by atoms with Crippen molar-refractivity contribution < 1.29 is 19.1 Å². The maximum atomic E-state index is 12.6. The number of rotatable bonds is 5. The fourth-order valence-corrected chi connectivity index (χ4v) is 4.08. The second kappa shape index (κ2) is 8.93. The Hall–Kier alpha value is -2.10. The van der Waals surface area contributed by atoms with Crippen LogP contribution in [-0.4, -0.2) is 35.6 Å². The molecule has 2 aromatic carbocycles. The van der Waals surface area contributed by atoms with E-state index in [1.54, 1.807) is 36.4 Å². The van der Waals surface area contributed by atoms with E-state index < -0.39 is 17.1 Å². The summed E-state index contributed by atoms with van der Waals surface area (Å²) in [7, 11) is 1.53. The summed E-state index contributed by atoms with van der Waals surface area (Å²) in [6.45, 7) is -0.362. The SMILES string of the molecule is COc1ccc(Br)cc1/C=C1/SC(=O)N(CC(=O)Nc2ccccc2Br)C1=O. The zero-order chi connectivity index (χ0) is 20.3. The maximum absolute atomic E-state index is 12.6. The van der Waals surface area contributed by atoms with Crippen LogP contribution < -0.4 is 10.1 Å². The van der Waals surface area contributed by atoms with Gasteiger partial charge in [0.15, 0.2) is 0 Å². The number of nitrogens with one attached hydrogen (secondary N) is 1. The fourth-order valence-electron chi connectivity index (χ4n) is 2.49. The molecule has 3 rings (SSSR count). The molecule has 0 unspecified atom stereocenters. The van der Waals surface area contributed by atoms with Crippen molar-refractivity contribution in [3.05, 3.63) is 61.9 Å². The molecule has 0 atom stereocenters. The molecule has 6 nitrogen and oxygen atoms in total. The molecule has 1 heterocycles. The standard InChI is InChI=1S/C19H14Br2N2O4S/c1-27-15-7-6-12(20)8-11(15)9-16-18(25)23(19(26)28-16)10-17(24)22-14-5-3-2-4-13(14)21/h2-9H,10H2,1H3,(H,22,24)/b16-9+. The van der Waals surface area contributed by atoms with Gasteiger partial charge in [-0.2, -0.15) is 0 Å². The molecule has 0 bridgehead atoms. The molecule has 0 spiro atoms. The molecule has 1 aliphatic rings. The number of benzene rings is 2. The number of methoxy groups -OCH3 is 1. The number of ether oxygens (including phenoxy) is 1. The predicted octanol–water partition coefficient (Wildman–Crippen LogP) is 4.90. The molecule has 1 N–H and O–H groups in total. The Morgan fingerprint density at radius 2 is 1.96 bits per heavy atom. The Balaban J connectivity index is 1.76. The second-order valence-corrected chi connectivity index (χ2v) is 8.45. The zero-order valence-electron chi connectivity index (χ0n) is 14.6. The van der Waals surface area contributed by atoms with Crippen LogP contribution in [0.15, 0.2) is 56.3 Å². The van der Waals surface area contributed by atoms with Crippen molar-refractivity contribution >= 4 is 72.4 Å². The summed E-state index contributed by atoms with van der Waals surface area (Å²) in [6.07, 6.45) is 1.58. The summed E-state index contributed by atoms with van der Waals surface area (Å²) >= 11 is 7.50. The molecule has 2 aromatic rings. The topological polar surface area (TPSA) is 75.7 Å². The van der Waals surface area contributed by atoms with Crippen LogP contribution >= 0.6 is 43.6 Å². The monoisotopic (exact) mass is 524 g/mol. The van der Waals surface area contributed by atoms with Gasteiger partial charge in [-0.3, -0.25) is 19.3 Å². The van der Waals surface area contributed by atoms with Gasteiger partial charge in [-0.1, -0.05) is 28.1 Å². The van der Waals surface area contributed by atoms with E-state index in [9.17, 15) is 14.4 Å². The molecular weight excluding hydrogens is 512 g/mol. The predicted molar refractivity (Wildman–Crippen MR) is 116 cm³/mol. The quantitative estimate of drug-likeness (QED) is 0.562. The highest BCUT2D eigenvalue weighted by molar-refractivity contribution is 9.10. The number of hydrogen-bond acceptors (Lipinski definition) is 5. The lowest BCUT2D eigenvalue weighted by atomic mass is 10.2. The molecule has 9 heteroatoms. The van der Waals surface area contributed by atoms with E-state index >= 15 is 0 Å². The van der Waals surface area contributed by atoms with Crippen LogP contribution in [0.1, 0.15) is 5.56 Å². The molecule has 0 radical (unpaired) electrons. The molecule has 1 saturated heterocycles. The molecule has 1 fully saturated rings. The maximum Gasteiger partial charge on any atom is 0.294 e. The van der Waals surface area contributed by atoms with Crippen LogP contribution in [0, 0.1) is 0 Å². The van der Waals surface area contributed by atoms with Crippen molar-refractivity contribution in [2.45, 2.75) is 0 Å². The van der Waals surface area contributed by atoms with E-state index in [2.05, 4.69) is 37.2 Å². The highest BCUT2D eigenvalue weighted by atomic mass is 79.9. The van der Waals surface area contributed by atoms with Gasteiger partial charge in [-0.05, 0) is 64.1 Å². The summed E-state index contributed by atoms with van der Waals surface area (Å²) in [4.78, 5) is 38.3. The van der Waals surface area contributed by atoms with E-state index in [4.69, 9.17) is 4.74 Å². The number of amides is 3. The van der Waals surface area contributed by atoms with Crippen LogP contribution in [0.25, 0.3) is 6.08 Å². The third kappa shape index (κ3) is 4.65. The van der Waals surface area contributed by atoms with Gasteiger partial charge in [0, 0.05) is 14.5 Å². The van der Waals surface area contributed by atoms with E-state index in [0.717, 1.165) is 21.1 Å². The lowest BCUT2D eigenvalue weighted by Crippen LogP contribution is -2.36. The highest BCUT2D eigenvalue weighted by Crippen LogP contribution is 2.34. The molecule has 3 amide bonds. The number of carbonyl (C=O) groups is 3. The molecule has 144 valence electrons. The van der Waals surface area contributed by atoms with Crippen molar-refractivity contribution in [3.8, 4) is 5.75 Å². The van der Waals surface area contributed by atoms with Crippen LogP contribution in [0.5, 0.6) is 5.75 Å². The first-order valence-electron chi connectivity index (χ1n) is 8.02. The average molecular weight is 526 g/mol. The molecule has 1 aliphatic heterocycles. The molecule has 28 heavy (non-hydrogen) atoms. The average Bonchev–Trinajstić information content (AvgIpc) is 2.91. The van der Waals surface area contributed by atoms with Gasteiger partial charge in [-0.25, -0.2) is 0 Å². The number of imide groups is 1. The van der Waals surface area contributed by atoms with Crippen LogP contribution in [0.3, 0.4) is 0 Å². The Bertz CT molecular complexity index is 994. The van der Waals surface area contributed by atoms with Crippen LogP contribution in [0.4, 0.5) is 10.5 Å². The third-order valence-electron chi connectivity index (χ3n) is 3.80. The van der Waals surface area contributed by atoms with Crippen LogP contribution in [0.2, 0.25) is 0 Å². The second-order valence-electron chi connectivity index (χ2n) is 5.68. The third-order valence-corrected chi connectivity index (χ3v) is 5.89. The Morgan fingerprint density at radius 1 is 1.21 bits per heavy atom. The van der Waals surface area contributed by atoms with Gasteiger partial charge >= 0.3 is 0 Å². The van der Waals surface area contributed by atoms with E-state index in [1.807, 2.05) is 12.1 Å².